The highest BCUT2D eigenvalue weighted by Crippen LogP contribution is 2.01. The summed E-state index contributed by atoms with van der Waals surface area (Å²) < 4.78 is 4.53. The molecule has 3 nitrogen and oxygen atoms in total. The zero-order chi connectivity index (χ0) is 5.28. The molecule has 1 aliphatic heterocycles. The first-order chi connectivity index (χ1) is 3.33. The molecule has 1 saturated heterocycles. The van der Waals surface area contributed by atoms with Gasteiger partial charge in [0.1, 0.15) is 6.23 Å². The van der Waals surface area contributed by atoms with Crippen LogP contribution in [0.4, 0.5) is 0 Å². The van der Waals surface area contributed by atoms with Gasteiger partial charge in [0.25, 0.3) is 0 Å². The van der Waals surface area contributed by atoms with Gasteiger partial charge in [0.05, 0.1) is 6.42 Å². The van der Waals surface area contributed by atoms with Gasteiger partial charge in [0.15, 0.2) is 0 Å². The van der Waals surface area contributed by atoms with Crippen molar-refractivity contribution in [1.29, 1.82) is 0 Å². The van der Waals surface area contributed by atoms with Crippen molar-refractivity contribution >= 4 is 16.4 Å². The van der Waals surface area contributed by atoms with Crippen molar-refractivity contribution < 1.29 is 9.22 Å². The second-order valence-corrected chi connectivity index (χ2v) is 1.61. The van der Waals surface area contributed by atoms with Gasteiger partial charge in [-0.15, -0.1) is 0 Å². The van der Waals surface area contributed by atoms with Crippen LogP contribution in [0.1, 0.15) is 6.42 Å². The van der Waals surface area contributed by atoms with E-state index in [1.165, 1.54) is 0 Å². The fourth-order valence-electron chi connectivity index (χ4n) is 0.398. The summed E-state index contributed by atoms with van der Waals surface area (Å²) in [5, 5.41) is 2.48. The minimum Gasteiger partial charge on any atom is -0.399 e. The maximum Gasteiger partial charge on any atom is 0.249 e. The third-order valence-corrected chi connectivity index (χ3v) is 1.12. The highest BCUT2D eigenvalue weighted by atomic mass is 28.2. The largest absolute Gasteiger partial charge is 0.399 e. The Bertz CT molecular complexity index is 86.9. The van der Waals surface area contributed by atoms with Crippen LogP contribution in [0.25, 0.3) is 0 Å². The van der Waals surface area contributed by atoms with Gasteiger partial charge < -0.3 is 9.74 Å². The van der Waals surface area contributed by atoms with Gasteiger partial charge >= 0.3 is 0 Å². The molecule has 0 spiro atoms. The van der Waals surface area contributed by atoms with Crippen molar-refractivity contribution in [2.45, 2.75) is 12.6 Å². The Morgan fingerprint density at radius 3 is 2.71 bits per heavy atom. The monoisotopic (exact) mass is 114 g/mol. The predicted molar refractivity (Wildman–Crippen MR) is 23.4 cm³/mol. The number of carbonyl (C=O) groups is 1. The number of rotatable bonds is 1. The van der Waals surface area contributed by atoms with Crippen molar-refractivity contribution in [2.24, 2.45) is 0 Å². The van der Waals surface area contributed by atoms with Crippen LogP contribution < -0.4 is 5.32 Å². The average molecular weight is 114 g/mol. The smallest absolute Gasteiger partial charge is 0.249 e. The molecule has 1 N–H and O–H groups in total. The van der Waals surface area contributed by atoms with Crippen LogP contribution >= 0.6 is 0 Å². The lowest BCUT2D eigenvalue weighted by molar-refractivity contribution is -0.134. The molecule has 3 radical (unpaired) electrons. The molecule has 0 aromatic heterocycles. The molecule has 1 heterocycles. The molecule has 1 aliphatic rings. The lowest BCUT2D eigenvalue weighted by Crippen LogP contribution is -2.49. The molecule has 0 aromatic carbocycles. The lowest BCUT2D eigenvalue weighted by atomic mass is 10.2. The maximum absolute atomic E-state index is 10.1. The number of amides is 1. The molecule has 4 heteroatoms. The summed E-state index contributed by atoms with van der Waals surface area (Å²) in [5.74, 6) is 0.0447. The van der Waals surface area contributed by atoms with Gasteiger partial charge in [-0.25, -0.2) is 0 Å². The van der Waals surface area contributed by atoms with E-state index in [2.05, 4.69) is 20.2 Å². The van der Waals surface area contributed by atoms with E-state index in [4.69, 9.17) is 0 Å². The second-order valence-electron chi connectivity index (χ2n) is 1.38. The minimum absolute atomic E-state index is 0.0447. The molecular formula is C3H4NO2Si. The van der Waals surface area contributed by atoms with E-state index < -0.39 is 0 Å². The van der Waals surface area contributed by atoms with E-state index in [1.807, 2.05) is 0 Å². The Morgan fingerprint density at radius 2 is 2.57 bits per heavy atom. The van der Waals surface area contributed by atoms with E-state index in [1.54, 1.807) is 0 Å². The van der Waals surface area contributed by atoms with Crippen LogP contribution in [0.15, 0.2) is 0 Å². The summed E-state index contributed by atoms with van der Waals surface area (Å²) in [7, 11) is 2.78. The Kier molecular flexibility index (Phi) is 1.12. The Labute approximate surface area is 44.6 Å². The van der Waals surface area contributed by atoms with Crippen LogP contribution in [0.5, 0.6) is 0 Å². The van der Waals surface area contributed by atoms with E-state index in [0.29, 0.717) is 6.42 Å². The number of carbonyl (C=O) groups excluding carboxylic acids is 1. The standard InChI is InChI=1S/C3H4NO2Si/c5-2-1-3(4-2)6-7/h3H,1H2,(H,4,5). The zero-order valence-electron chi connectivity index (χ0n) is 3.60. The number of β-lactam (4-membered cyclic amide) rings is 1. The molecular weight excluding hydrogens is 110 g/mol. The summed E-state index contributed by atoms with van der Waals surface area (Å²) in [5.41, 5.74) is 0. The van der Waals surface area contributed by atoms with Crippen LogP contribution in [-0.4, -0.2) is 22.6 Å². The van der Waals surface area contributed by atoms with Gasteiger partial charge in [-0.2, -0.15) is 0 Å². The van der Waals surface area contributed by atoms with Crippen LogP contribution in [0.2, 0.25) is 0 Å². The number of hydrogen-bond acceptors (Lipinski definition) is 2. The fraction of sp³-hybridized carbons (Fsp3) is 0.667. The zero-order valence-corrected chi connectivity index (χ0v) is 4.60. The van der Waals surface area contributed by atoms with Gasteiger partial charge in [0.2, 0.25) is 16.4 Å². The van der Waals surface area contributed by atoms with E-state index in [9.17, 15) is 4.79 Å². The molecule has 1 rings (SSSR count). The first-order valence-corrected chi connectivity index (χ1v) is 2.35. The SMILES string of the molecule is O=C1CC(O[Si])N1. The van der Waals surface area contributed by atoms with Gasteiger partial charge in [-0.1, -0.05) is 0 Å². The van der Waals surface area contributed by atoms with Crippen LogP contribution in [-0.2, 0) is 9.22 Å². The Balaban J connectivity index is 2.17. The van der Waals surface area contributed by atoms with Crippen molar-refractivity contribution in [1.82, 2.24) is 5.32 Å². The average Bonchev–Trinajstić information content (AvgIpc) is 1.58. The van der Waals surface area contributed by atoms with Crippen LogP contribution in [0, 0.1) is 0 Å². The lowest BCUT2D eigenvalue weighted by Gasteiger charge is -2.24. The summed E-state index contributed by atoms with van der Waals surface area (Å²) in [6, 6.07) is 0. The summed E-state index contributed by atoms with van der Waals surface area (Å²) in [4.78, 5) is 10.1. The van der Waals surface area contributed by atoms with Crippen LogP contribution in [0.3, 0.4) is 0 Å². The van der Waals surface area contributed by atoms with Crippen molar-refractivity contribution in [3.63, 3.8) is 0 Å². The van der Waals surface area contributed by atoms with E-state index in [0.717, 1.165) is 0 Å². The maximum atomic E-state index is 10.1. The van der Waals surface area contributed by atoms with Crippen molar-refractivity contribution in [3.8, 4) is 0 Å². The van der Waals surface area contributed by atoms with Gasteiger partial charge in [-0.05, 0) is 0 Å². The highest BCUT2D eigenvalue weighted by Gasteiger charge is 2.23. The third-order valence-electron chi connectivity index (χ3n) is 0.835. The molecule has 1 fully saturated rings. The van der Waals surface area contributed by atoms with Gasteiger partial charge in [0, 0.05) is 0 Å². The molecule has 1 atom stereocenters. The van der Waals surface area contributed by atoms with Crippen molar-refractivity contribution in [2.75, 3.05) is 0 Å². The third kappa shape index (κ3) is 0.807. The topological polar surface area (TPSA) is 38.3 Å². The quantitative estimate of drug-likeness (QED) is 0.348. The molecule has 37 valence electrons. The van der Waals surface area contributed by atoms with E-state index in [-0.39, 0.29) is 12.1 Å². The summed E-state index contributed by atoms with van der Waals surface area (Å²) in [6.45, 7) is 0. The first kappa shape index (κ1) is 4.80. The molecule has 0 bridgehead atoms. The Morgan fingerprint density at radius 1 is 2.00 bits per heavy atom. The van der Waals surface area contributed by atoms with Crippen molar-refractivity contribution in [3.05, 3.63) is 0 Å². The second kappa shape index (κ2) is 1.63. The summed E-state index contributed by atoms with van der Waals surface area (Å²) >= 11 is 0. The first-order valence-electron chi connectivity index (χ1n) is 1.94. The molecule has 0 saturated carbocycles. The highest BCUT2D eigenvalue weighted by molar-refractivity contribution is 5.99. The minimum atomic E-state index is -0.0934. The molecule has 1 unspecified atom stereocenters. The summed E-state index contributed by atoms with van der Waals surface area (Å²) in [6.07, 6.45) is 0.382. The number of nitrogens with one attached hydrogen (secondary N) is 1. The molecule has 7 heavy (non-hydrogen) atoms. The molecule has 1 amide bonds. The predicted octanol–water partition coefficient (Wildman–Crippen LogP) is -1.07. The molecule has 0 aliphatic carbocycles. The van der Waals surface area contributed by atoms with E-state index >= 15 is 0 Å². The normalized spacial score (nSPS) is 28.7. The van der Waals surface area contributed by atoms with Gasteiger partial charge in [-0.3, -0.25) is 4.79 Å². The fourth-order valence-corrected chi connectivity index (χ4v) is 0.540. The Hall–Kier alpha value is -0.353. The number of hydrogen-bond donors (Lipinski definition) is 1. The molecule has 0 aromatic rings.